The standard InChI is InChI=1S/C16H22BrF2NO2.ClH/c1-10-4-3-5-11(2)20(10)8-13(21)9-22-16-14(18)6-12(17)7-15(16)19;/h6-7,10-11,13,21H,3-5,8-9H2,1-2H3;1H/p-1. The van der Waals surface area contributed by atoms with Crippen LogP contribution in [0.25, 0.3) is 0 Å². The molecule has 1 aliphatic heterocycles. The van der Waals surface area contributed by atoms with E-state index < -0.39 is 23.5 Å². The number of ether oxygens (including phenoxy) is 1. The van der Waals surface area contributed by atoms with Gasteiger partial charge in [0.1, 0.15) is 12.7 Å². The lowest BCUT2D eigenvalue weighted by Crippen LogP contribution is -3.00. The molecule has 1 fully saturated rings. The van der Waals surface area contributed by atoms with Gasteiger partial charge in [0.15, 0.2) is 17.4 Å². The van der Waals surface area contributed by atoms with Gasteiger partial charge in [-0.05, 0) is 38.8 Å². The first kappa shape index (κ1) is 20.6. The zero-order valence-corrected chi connectivity index (χ0v) is 15.6. The lowest BCUT2D eigenvalue weighted by atomic mass is 9.97. The third-order valence-corrected chi connectivity index (χ3v) is 4.64. The van der Waals surface area contributed by atoms with E-state index >= 15 is 0 Å². The number of likely N-dealkylation sites (tertiary alicyclic amines) is 1. The molecule has 132 valence electrons. The molecule has 0 radical (unpaired) electrons. The number of aliphatic hydroxyl groups is 1. The molecule has 0 aliphatic carbocycles. The summed E-state index contributed by atoms with van der Waals surface area (Å²) in [5.74, 6) is -2.00. The van der Waals surface area contributed by atoms with Crippen LogP contribution < -0.4 is 17.1 Å². The molecular formula is C16H22BrClF2NO2-. The number of aliphatic hydroxyl groups excluding tert-OH is 1. The molecule has 1 aromatic carbocycles. The van der Waals surface area contributed by atoms with Crippen molar-refractivity contribution in [2.24, 2.45) is 0 Å². The highest BCUT2D eigenvalue weighted by molar-refractivity contribution is 9.10. The van der Waals surface area contributed by atoms with Crippen LogP contribution in [-0.4, -0.2) is 41.3 Å². The summed E-state index contributed by atoms with van der Waals surface area (Å²) in [4.78, 5) is 2.23. The number of halogens is 4. The number of rotatable bonds is 5. The molecule has 1 heterocycles. The Labute approximate surface area is 150 Å². The number of hydrogen-bond donors (Lipinski definition) is 1. The van der Waals surface area contributed by atoms with Crippen molar-refractivity contribution in [2.75, 3.05) is 13.2 Å². The number of hydrogen-bond acceptors (Lipinski definition) is 3. The Hall–Kier alpha value is -0.430. The van der Waals surface area contributed by atoms with Gasteiger partial charge in [-0.15, -0.1) is 0 Å². The fourth-order valence-corrected chi connectivity index (χ4v) is 3.38. The van der Waals surface area contributed by atoms with Gasteiger partial charge >= 0.3 is 0 Å². The predicted octanol–water partition coefficient (Wildman–Crippen LogP) is 0.734. The van der Waals surface area contributed by atoms with Crippen LogP contribution in [-0.2, 0) is 0 Å². The molecule has 3 nitrogen and oxygen atoms in total. The molecular weight excluding hydrogens is 392 g/mol. The minimum Gasteiger partial charge on any atom is -1.00 e. The molecule has 1 aromatic rings. The van der Waals surface area contributed by atoms with Gasteiger partial charge < -0.3 is 22.3 Å². The third-order valence-electron chi connectivity index (χ3n) is 4.18. The van der Waals surface area contributed by atoms with Gasteiger partial charge in [-0.3, -0.25) is 4.90 Å². The molecule has 3 atom stereocenters. The van der Waals surface area contributed by atoms with Gasteiger partial charge in [0.05, 0.1) is 0 Å². The molecule has 1 N–H and O–H groups in total. The van der Waals surface area contributed by atoms with Gasteiger partial charge in [0.25, 0.3) is 0 Å². The predicted molar refractivity (Wildman–Crippen MR) is 85.0 cm³/mol. The average Bonchev–Trinajstić information content (AvgIpc) is 2.42. The van der Waals surface area contributed by atoms with Crippen LogP contribution in [0, 0.1) is 11.6 Å². The molecule has 1 aliphatic rings. The maximum atomic E-state index is 13.7. The minimum atomic E-state index is -0.787. The largest absolute Gasteiger partial charge is 1.00 e. The molecule has 0 aromatic heterocycles. The van der Waals surface area contributed by atoms with Crippen LogP contribution in [0.15, 0.2) is 16.6 Å². The van der Waals surface area contributed by atoms with E-state index in [1.54, 1.807) is 0 Å². The fourth-order valence-electron chi connectivity index (χ4n) is 2.98. The second kappa shape index (κ2) is 9.16. The highest BCUT2D eigenvalue weighted by Crippen LogP contribution is 2.26. The first-order valence-corrected chi connectivity index (χ1v) is 8.39. The minimum absolute atomic E-state index is 0. The Morgan fingerprint density at radius 3 is 2.30 bits per heavy atom. The van der Waals surface area contributed by atoms with E-state index in [4.69, 9.17) is 4.74 Å². The van der Waals surface area contributed by atoms with Crippen LogP contribution in [0.4, 0.5) is 8.78 Å². The van der Waals surface area contributed by atoms with Crippen molar-refractivity contribution in [2.45, 2.75) is 51.3 Å². The van der Waals surface area contributed by atoms with E-state index in [0.717, 1.165) is 25.0 Å². The van der Waals surface area contributed by atoms with E-state index in [1.807, 2.05) is 0 Å². The van der Waals surface area contributed by atoms with Crippen LogP contribution in [0.2, 0.25) is 0 Å². The Morgan fingerprint density at radius 2 is 1.78 bits per heavy atom. The van der Waals surface area contributed by atoms with Crippen LogP contribution >= 0.6 is 15.9 Å². The molecule has 7 heteroatoms. The Kier molecular flexibility index (Phi) is 8.21. The Morgan fingerprint density at radius 1 is 1.26 bits per heavy atom. The van der Waals surface area contributed by atoms with Crippen molar-refractivity contribution in [3.8, 4) is 5.75 Å². The second-order valence-electron chi connectivity index (χ2n) is 5.99. The smallest absolute Gasteiger partial charge is 0.190 e. The van der Waals surface area contributed by atoms with Crippen molar-refractivity contribution in [3.05, 3.63) is 28.2 Å². The lowest BCUT2D eigenvalue weighted by Gasteiger charge is -2.40. The molecule has 23 heavy (non-hydrogen) atoms. The van der Waals surface area contributed by atoms with Gasteiger partial charge in [-0.1, -0.05) is 22.4 Å². The van der Waals surface area contributed by atoms with Gasteiger partial charge in [-0.2, -0.15) is 0 Å². The van der Waals surface area contributed by atoms with Crippen LogP contribution in [0.5, 0.6) is 5.75 Å². The third kappa shape index (κ3) is 5.55. The summed E-state index contributed by atoms with van der Waals surface area (Å²) in [6.45, 7) is 4.59. The molecule has 1 saturated heterocycles. The molecule has 0 spiro atoms. The Bertz CT molecular complexity index is 488. The SMILES string of the molecule is CC1CCCC(C)N1CC(O)COc1c(F)cc(Br)cc1F.[Cl-]. The zero-order valence-electron chi connectivity index (χ0n) is 13.2. The quantitative estimate of drug-likeness (QED) is 0.773. The number of nitrogens with zero attached hydrogens (tertiary/aromatic N) is 1. The number of benzene rings is 1. The van der Waals surface area contributed by atoms with Gasteiger partial charge in [-0.25, -0.2) is 8.78 Å². The van der Waals surface area contributed by atoms with Crippen molar-refractivity contribution in [1.29, 1.82) is 0 Å². The van der Waals surface area contributed by atoms with Crippen LogP contribution in [0.1, 0.15) is 33.1 Å². The molecule has 2 rings (SSSR count). The summed E-state index contributed by atoms with van der Waals surface area (Å²) in [6.07, 6.45) is 2.62. The van der Waals surface area contributed by atoms with E-state index in [2.05, 4.69) is 34.7 Å². The van der Waals surface area contributed by atoms with Crippen molar-refractivity contribution < 1.29 is 31.0 Å². The summed E-state index contributed by atoms with van der Waals surface area (Å²) in [5, 5.41) is 10.1. The monoisotopic (exact) mass is 412 g/mol. The van der Waals surface area contributed by atoms with Crippen molar-refractivity contribution in [3.63, 3.8) is 0 Å². The molecule has 0 bridgehead atoms. The highest BCUT2D eigenvalue weighted by atomic mass is 79.9. The Balaban J connectivity index is 0.00000264. The van der Waals surface area contributed by atoms with Crippen molar-refractivity contribution >= 4 is 15.9 Å². The molecule has 0 saturated carbocycles. The summed E-state index contributed by atoms with van der Waals surface area (Å²) in [6, 6.07) is 3.08. The zero-order chi connectivity index (χ0) is 16.3. The van der Waals surface area contributed by atoms with Crippen LogP contribution in [0.3, 0.4) is 0 Å². The van der Waals surface area contributed by atoms with E-state index in [0.29, 0.717) is 23.1 Å². The number of β-amino-alcohol motifs (C(OH)–C–C–N with tert-alkyl or cyclic N) is 1. The molecule has 3 unspecified atom stereocenters. The van der Waals surface area contributed by atoms with Crippen molar-refractivity contribution in [1.82, 2.24) is 4.90 Å². The first-order chi connectivity index (χ1) is 10.4. The van der Waals surface area contributed by atoms with Gasteiger partial charge in [0.2, 0.25) is 0 Å². The van der Waals surface area contributed by atoms with E-state index in [9.17, 15) is 13.9 Å². The topological polar surface area (TPSA) is 32.7 Å². The average molecular weight is 414 g/mol. The first-order valence-electron chi connectivity index (χ1n) is 7.59. The molecule has 0 amide bonds. The summed E-state index contributed by atoms with van der Waals surface area (Å²) in [5.41, 5.74) is 0. The maximum absolute atomic E-state index is 13.7. The number of piperidine rings is 1. The second-order valence-corrected chi connectivity index (χ2v) is 6.90. The lowest BCUT2D eigenvalue weighted by molar-refractivity contribution is -0.00000793. The van der Waals surface area contributed by atoms with Gasteiger partial charge in [0, 0.05) is 23.1 Å². The van der Waals surface area contributed by atoms with E-state index in [1.165, 1.54) is 6.42 Å². The summed E-state index contributed by atoms with van der Waals surface area (Å²) >= 11 is 3.01. The summed E-state index contributed by atoms with van der Waals surface area (Å²) < 4.78 is 32.8. The fraction of sp³-hybridized carbons (Fsp3) is 0.625. The normalized spacial score (nSPS) is 23.2. The maximum Gasteiger partial charge on any atom is 0.190 e. The van der Waals surface area contributed by atoms with E-state index in [-0.39, 0.29) is 19.0 Å². The summed E-state index contributed by atoms with van der Waals surface area (Å²) in [7, 11) is 0. The highest BCUT2D eigenvalue weighted by Gasteiger charge is 2.26.